The number of halogens is 1. The lowest BCUT2D eigenvalue weighted by Gasteiger charge is -2.20. The van der Waals surface area contributed by atoms with E-state index in [9.17, 15) is 4.79 Å². The van der Waals surface area contributed by atoms with E-state index in [1.807, 2.05) is 44.2 Å². The fraction of sp³-hybridized carbons (Fsp3) is 0.304. The van der Waals surface area contributed by atoms with Crippen molar-refractivity contribution < 1.29 is 4.79 Å². The highest BCUT2D eigenvalue weighted by atomic mass is 79.9. The molecule has 0 radical (unpaired) electrons. The highest BCUT2D eigenvalue weighted by Crippen LogP contribution is 2.31. The Morgan fingerprint density at radius 3 is 2.65 bits per heavy atom. The van der Waals surface area contributed by atoms with Crippen LogP contribution in [0, 0.1) is 19.3 Å². The van der Waals surface area contributed by atoms with Crippen molar-refractivity contribution in [3.8, 4) is 5.69 Å². The van der Waals surface area contributed by atoms with Gasteiger partial charge in [0.1, 0.15) is 5.04 Å². The highest BCUT2D eigenvalue weighted by molar-refractivity contribution is 9.10. The summed E-state index contributed by atoms with van der Waals surface area (Å²) in [5, 5.41) is 16.0. The molecule has 2 aromatic rings. The number of aromatic nitrogens is 1. The fourth-order valence-corrected chi connectivity index (χ4v) is 4.93. The number of hydrogen-bond acceptors (Lipinski definition) is 4. The molecule has 0 fully saturated rings. The molecule has 1 aromatic heterocycles. The van der Waals surface area contributed by atoms with Crippen molar-refractivity contribution >= 4 is 55.7 Å². The first-order valence-corrected chi connectivity index (χ1v) is 11.9. The van der Waals surface area contributed by atoms with Gasteiger partial charge in [-0.1, -0.05) is 35.7 Å². The summed E-state index contributed by atoms with van der Waals surface area (Å²) in [7, 11) is 0. The summed E-state index contributed by atoms with van der Waals surface area (Å²) in [6.07, 6.45) is 5.94. The number of amides is 1. The van der Waals surface area contributed by atoms with E-state index in [1.165, 1.54) is 16.8 Å². The van der Waals surface area contributed by atoms with Crippen molar-refractivity contribution in [2.75, 3.05) is 0 Å². The summed E-state index contributed by atoms with van der Waals surface area (Å²) in [5.74, 6) is -0.302. The molecule has 6 nitrogen and oxygen atoms in total. The van der Waals surface area contributed by atoms with Crippen LogP contribution in [0.3, 0.4) is 0 Å². The van der Waals surface area contributed by atoms with Gasteiger partial charge >= 0.3 is 0 Å². The Morgan fingerprint density at radius 1 is 1.19 bits per heavy atom. The molecule has 2 aliphatic rings. The second-order valence-corrected chi connectivity index (χ2v) is 9.57. The van der Waals surface area contributed by atoms with Crippen molar-refractivity contribution in [1.29, 1.82) is 5.41 Å². The summed E-state index contributed by atoms with van der Waals surface area (Å²) in [6, 6.07) is 10.1. The molecule has 4 rings (SSSR count). The van der Waals surface area contributed by atoms with Crippen LogP contribution < -0.4 is 0 Å². The molecule has 160 valence electrons. The lowest BCUT2D eigenvalue weighted by Crippen LogP contribution is -2.35. The van der Waals surface area contributed by atoms with E-state index in [-0.39, 0.29) is 17.3 Å². The lowest BCUT2D eigenvalue weighted by atomic mass is 10.1. The zero-order valence-corrected chi connectivity index (χ0v) is 20.2. The van der Waals surface area contributed by atoms with Crippen LogP contribution in [0.2, 0.25) is 0 Å². The number of nitrogens with one attached hydrogen (secondary N) is 1. The fourth-order valence-electron chi connectivity index (χ4n) is 3.74. The number of amidine groups is 2. The molecule has 31 heavy (non-hydrogen) atoms. The molecule has 0 atom stereocenters. The Hall–Kier alpha value is -2.45. The molecule has 1 amide bonds. The van der Waals surface area contributed by atoms with Crippen molar-refractivity contribution in [2.24, 2.45) is 10.1 Å². The van der Waals surface area contributed by atoms with Gasteiger partial charge in [0.15, 0.2) is 5.84 Å². The Bertz CT molecular complexity index is 1140. The largest absolute Gasteiger partial charge is 0.318 e. The monoisotopic (exact) mass is 497 g/mol. The summed E-state index contributed by atoms with van der Waals surface area (Å²) in [6.45, 7) is 6.21. The number of unbranched alkanes of at least 4 members (excludes halogenated alkanes) is 2. The first kappa shape index (κ1) is 21.8. The minimum atomic E-state index is -0.387. The molecule has 0 aliphatic carbocycles. The lowest BCUT2D eigenvalue weighted by molar-refractivity contribution is -0.114. The Labute approximate surface area is 194 Å². The number of benzene rings is 1. The smallest absolute Gasteiger partial charge is 0.283 e. The first-order chi connectivity index (χ1) is 14.9. The molecular formula is C23H24BrN5OS. The van der Waals surface area contributed by atoms with Gasteiger partial charge in [-0.2, -0.15) is 15.1 Å². The number of fused-ring (bicyclic) bond motifs is 1. The second-order valence-electron chi connectivity index (χ2n) is 7.61. The maximum Gasteiger partial charge on any atom is 0.283 e. The second kappa shape index (κ2) is 8.96. The van der Waals surface area contributed by atoms with E-state index in [0.29, 0.717) is 5.17 Å². The topological polar surface area (TPSA) is 73.8 Å². The third-order valence-electron chi connectivity index (χ3n) is 5.35. The van der Waals surface area contributed by atoms with E-state index >= 15 is 0 Å². The zero-order valence-electron chi connectivity index (χ0n) is 17.8. The average Bonchev–Trinajstić information content (AvgIpc) is 3.26. The van der Waals surface area contributed by atoms with Crippen LogP contribution in [-0.4, -0.2) is 31.5 Å². The predicted octanol–water partition coefficient (Wildman–Crippen LogP) is 6.06. The van der Waals surface area contributed by atoms with Crippen LogP contribution in [-0.2, 0) is 4.79 Å². The van der Waals surface area contributed by atoms with E-state index in [2.05, 4.69) is 37.5 Å². The number of hydrogen-bond donors (Lipinski definition) is 1. The van der Waals surface area contributed by atoms with Crippen LogP contribution in [0.1, 0.15) is 49.6 Å². The number of hydrazone groups is 1. The molecule has 3 heterocycles. The van der Waals surface area contributed by atoms with E-state index in [4.69, 9.17) is 5.41 Å². The standard InChI is InChI=1S/C23H24BrN5OS/c1-4-5-6-7-20-27-29-21(25)19(22(30)26-23(29)31-20)13-16-12-14(2)28(15(16)3)18-10-8-17(24)9-11-18/h8-13,25H,4-7H2,1-3H3. The average molecular weight is 498 g/mol. The van der Waals surface area contributed by atoms with Crippen LogP contribution >= 0.6 is 27.7 Å². The predicted molar refractivity (Wildman–Crippen MR) is 132 cm³/mol. The van der Waals surface area contributed by atoms with Gasteiger partial charge in [0.25, 0.3) is 5.91 Å². The molecular weight excluding hydrogens is 474 g/mol. The van der Waals surface area contributed by atoms with Crippen molar-refractivity contribution in [2.45, 2.75) is 46.5 Å². The van der Waals surface area contributed by atoms with Gasteiger partial charge < -0.3 is 4.57 Å². The Kier molecular flexibility index (Phi) is 6.29. The third kappa shape index (κ3) is 4.32. The summed E-state index contributed by atoms with van der Waals surface area (Å²) in [5.41, 5.74) is 4.26. The van der Waals surface area contributed by atoms with Gasteiger partial charge in [-0.3, -0.25) is 10.2 Å². The number of nitrogens with zero attached hydrogens (tertiary/aromatic N) is 4. The minimum Gasteiger partial charge on any atom is -0.318 e. The molecule has 1 N–H and O–H groups in total. The normalized spacial score (nSPS) is 17.3. The number of carbonyl (C=O) groups is 1. The van der Waals surface area contributed by atoms with Gasteiger partial charge in [-0.05, 0) is 80.4 Å². The Morgan fingerprint density at radius 2 is 1.94 bits per heavy atom. The molecule has 0 saturated heterocycles. The number of thioether (sulfide) groups is 1. The van der Waals surface area contributed by atoms with Gasteiger partial charge in [0.2, 0.25) is 5.17 Å². The Balaban J connectivity index is 1.64. The number of rotatable bonds is 6. The maximum atomic E-state index is 12.7. The van der Waals surface area contributed by atoms with Crippen molar-refractivity contribution in [1.82, 2.24) is 9.58 Å². The molecule has 8 heteroatoms. The SMILES string of the molecule is CCCCCC1=NN2C(=N)C(=Cc3cc(C)n(-c4ccc(Br)cc4)c3C)C(=O)N=C2S1. The zero-order chi connectivity index (χ0) is 22.1. The molecule has 0 spiro atoms. The van der Waals surface area contributed by atoms with Gasteiger partial charge in [0, 0.05) is 21.5 Å². The highest BCUT2D eigenvalue weighted by Gasteiger charge is 2.35. The molecule has 0 bridgehead atoms. The molecule has 1 aromatic carbocycles. The van der Waals surface area contributed by atoms with E-state index < -0.39 is 0 Å². The summed E-state index contributed by atoms with van der Waals surface area (Å²) < 4.78 is 3.16. The first-order valence-electron chi connectivity index (χ1n) is 10.3. The number of carbonyl (C=O) groups excluding carboxylic acids is 1. The van der Waals surface area contributed by atoms with Crippen LogP contribution in [0.4, 0.5) is 0 Å². The quantitative estimate of drug-likeness (QED) is 0.389. The molecule has 2 aliphatic heterocycles. The van der Waals surface area contributed by atoms with Gasteiger partial charge in [-0.15, -0.1) is 0 Å². The van der Waals surface area contributed by atoms with E-state index in [0.717, 1.165) is 57.8 Å². The van der Waals surface area contributed by atoms with E-state index in [1.54, 1.807) is 6.08 Å². The number of aryl methyl sites for hydroxylation is 1. The number of aliphatic imine (C=N–C) groups is 1. The molecule has 0 unspecified atom stereocenters. The maximum absolute atomic E-state index is 12.7. The van der Waals surface area contributed by atoms with Crippen molar-refractivity contribution in [3.63, 3.8) is 0 Å². The third-order valence-corrected chi connectivity index (χ3v) is 6.84. The van der Waals surface area contributed by atoms with Crippen LogP contribution in [0.25, 0.3) is 11.8 Å². The summed E-state index contributed by atoms with van der Waals surface area (Å²) >= 11 is 4.87. The van der Waals surface area contributed by atoms with Gasteiger partial charge in [-0.25, -0.2) is 0 Å². The molecule has 0 saturated carbocycles. The van der Waals surface area contributed by atoms with Gasteiger partial charge in [0.05, 0.1) is 5.57 Å². The van der Waals surface area contributed by atoms with Crippen molar-refractivity contribution in [3.05, 3.63) is 57.3 Å². The van der Waals surface area contributed by atoms with Crippen LogP contribution in [0.5, 0.6) is 0 Å². The van der Waals surface area contributed by atoms with Crippen LogP contribution in [0.15, 0.2) is 50.5 Å². The minimum absolute atomic E-state index is 0.0847. The summed E-state index contributed by atoms with van der Waals surface area (Å²) in [4.78, 5) is 16.9.